The quantitative estimate of drug-likeness (QED) is 0.163. The van der Waals surface area contributed by atoms with Gasteiger partial charge in [-0.3, -0.25) is 9.97 Å². The van der Waals surface area contributed by atoms with Crippen molar-refractivity contribution in [3.8, 4) is 0 Å². The van der Waals surface area contributed by atoms with Gasteiger partial charge in [-0.1, -0.05) is 135 Å². The third kappa shape index (κ3) is 6.01. The van der Waals surface area contributed by atoms with E-state index in [1.807, 2.05) is 0 Å². The lowest BCUT2D eigenvalue weighted by Crippen LogP contribution is -2.33. The van der Waals surface area contributed by atoms with Gasteiger partial charge in [0.1, 0.15) is 0 Å². The zero-order valence-electron chi connectivity index (χ0n) is 26.3. The lowest BCUT2D eigenvalue weighted by atomic mass is 9.84. The van der Waals surface area contributed by atoms with Crippen molar-refractivity contribution in [2.75, 3.05) is 6.16 Å². The second-order valence-electron chi connectivity index (χ2n) is 14.6. The van der Waals surface area contributed by atoms with Gasteiger partial charge in [0.05, 0.1) is 35.7 Å². The molecule has 5 heteroatoms. The number of nitrogens with zero attached hydrogens (tertiary/aromatic N) is 2. The van der Waals surface area contributed by atoms with Gasteiger partial charge in [0.25, 0.3) is 0 Å². The van der Waals surface area contributed by atoms with Crippen LogP contribution in [0.1, 0.15) is 52.9 Å². The molecule has 0 aliphatic heterocycles. The molecule has 0 bridgehead atoms. The molecule has 0 fully saturated rings. The summed E-state index contributed by atoms with van der Waals surface area (Å²) in [4.78, 5) is 10.7. The van der Waals surface area contributed by atoms with Crippen LogP contribution in [0.2, 0.25) is 19.6 Å². The Labute approximate surface area is 252 Å². The Hall–Kier alpha value is -2.18. The molecule has 0 amide bonds. The van der Waals surface area contributed by atoms with E-state index in [4.69, 9.17) is 9.97 Å². The van der Waals surface area contributed by atoms with Crippen LogP contribution in [0.5, 0.6) is 0 Å². The molecule has 41 heavy (non-hydrogen) atoms. The Morgan fingerprint density at radius 3 is 1.61 bits per heavy atom. The first-order valence-corrected chi connectivity index (χ1v) is 20.4. The van der Waals surface area contributed by atoms with Crippen molar-refractivity contribution >= 4 is 47.0 Å². The molecule has 214 valence electrons. The van der Waals surface area contributed by atoms with Gasteiger partial charge in [-0.05, 0) is 46.3 Å². The SMILES string of the molecule is CC(C)(C)P(CC1C=C([Si](C)(C)C)C=C1C(P)(c1ccc2ccccc2n1)c1ccc2ccccc2n1)C(C)(C)C. The van der Waals surface area contributed by atoms with E-state index < -0.39 is 13.2 Å². The molecule has 2 aromatic heterocycles. The van der Waals surface area contributed by atoms with Crippen molar-refractivity contribution in [3.05, 3.63) is 107 Å². The smallest absolute Gasteiger partial charge is 0.0902 e. The summed E-state index contributed by atoms with van der Waals surface area (Å²) in [5.41, 5.74) is 5.56. The van der Waals surface area contributed by atoms with Gasteiger partial charge >= 0.3 is 0 Å². The summed E-state index contributed by atoms with van der Waals surface area (Å²) in [7, 11) is 1.42. The summed E-state index contributed by atoms with van der Waals surface area (Å²) in [6, 6.07) is 25.8. The molecular formula is C36H46N2P2Si. The normalized spacial score (nSPS) is 16.9. The molecule has 0 spiro atoms. The molecule has 2 nitrogen and oxygen atoms in total. The van der Waals surface area contributed by atoms with Crippen LogP contribution in [0.15, 0.2) is 95.7 Å². The van der Waals surface area contributed by atoms with Crippen molar-refractivity contribution < 1.29 is 0 Å². The van der Waals surface area contributed by atoms with E-state index in [9.17, 15) is 0 Å². The van der Waals surface area contributed by atoms with Crippen molar-refractivity contribution in [1.82, 2.24) is 9.97 Å². The number of para-hydroxylation sites is 2. The molecule has 2 unspecified atom stereocenters. The minimum Gasteiger partial charge on any atom is -0.251 e. The largest absolute Gasteiger partial charge is 0.251 e. The number of aromatic nitrogens is 2. The molecule has 4 aromatic rings. The molecule has 0 N–H and O–H groups in total. The maximum atomic E-state index is 5.34. The van der Waals surface area contributed by atoms with Crippen LogP contribution < -0.4 is 0 Å². The Morgan fingerprint density at radius 1 is 0.707 bits per heavy atom. The van der Waals surface area contributed by atoms with E-state index in [0.29, 0.717) is 5.92 Å². The van der Waals surface area contributed by atoms with E-state index in [1.165, 1.54) is 11.7 Å². The minimum absolute atomic E-state index is 0.250. The molecule has 5 rings (SSSR count). The topological polar surface area (TPSA) is 25.8 Å². The highest BCUT2D eigenvalue weighted by Gasteiger charge is 2.45. The maximum absolute atomic E-state index is 5.34. The number of benzene rings is 2. The molecule has 0 radical (unpaired) electrons. The first-order chi connectivity index (χ1) is 19.1. The van der Waals surface area contributed by atoms with E-state index >= 15 is 0 Å². The molecule has 0 saturated heterocycles. The zero-order chi connectivity index (χ0) is 29.8. The fourth-order valence-corrected chi connectivity index (χ4v) is 12.1. The molecule has 2 heterocycles. The summed E-state index contributed by atoms with van der Waals surface area (Å²) in [6.07, 6.45) is 6.35. The maximum Gasteiger partial charge on any atom is 0.0902 e. The van der Waals surface area contributed by atoms with Crippen LogP contribution in [0.25, 0.3) is 21.8 Å². The van der Waals surface area contributed by atoms with Crippen LogP contribution in [-0.4, -0.2) is 34.5 Å². The molecular weight excluding hydrogens is 550 g/mol. The highest BCUT2D eigenvalue weighted by atomic mass is 31.1. The van der Waals surface area contributed by atoms with Crippen LogP contribution in [0.3, 0.4) is 0 Å². The van der Waals surface area contributed by atoms with Gasteiger partial charge in [0, 0.05) is 16.7 Å². The zero-order valence-corrected chi connectivity index (χ0v) is 29.3. The second-order valence-corrected chi connectivity index (χ2v) is 24.5. The molecule has 1 aliphatic rings. The average Bonchev–Trinajstić information content (AvgIpc) is 3.35. The van der Waals surface area contributed by atoms with Crippen LogP contribution in [0, 0.1) is 5.92 Å². The highest BCUT2D eigenvalue weighted by Crippen LogP contribution is 2.63. The van der Waals surface area contributed by atoms with Crippen LogP contribution in [0.4, 0.5) is 0 Å². The Morgan fingerprint density at radius 2 is 1.17 bits per heavy atom. The fourth-order valence-electron chi connectivity index (χ4n) is 6.40. The minimum atomic E-state index is -1.58. The Balaban J connectivity index is 1.76. The lowest BCUT2D eigenvalue weighted by molar-refractivity contribution is 0.669. The van der Waals surface area contributed by atoms with Crippen molar-refractivity contribution in [1.29, 1.82) is 0 Å². The standard InChI is InChI=1S/C36H46N2P2Si/c1-34(2,3)40(35(4,5)6)24-27-22-28(41(7,8)9)23-29(27)36(39,32-20-18-25-14-10-12-16-30(25)37-32)33-21-19-26-15-11-13-17-31(26)38-33/h10-23,27H,24,39H2,1-9H3. The van der Waals surface area contributed by atoms with E-state index in [-0.39, 0.29) is 18.2 Å². The highest BCUT2D eigenvalue weighted by molar-refractivity contribution is 7.60. The average molecular weight is 597 g/mol. The van der Waals surface area contributed by atoms with Crippen molar-refractivity contribution in [2.24, 2.45) is 5.92 Å². The summed E-state index contributed by atoms with van der Waals surface area (Å²) < 4.78 is 0. The summed E-state index contributed by atoms with van der Waals surface area (Å²) in [5, 5.41) is 3.83. The second kappa shape index (κ2) is 10.8. The fraction of sp³-hybridized carbons (Fsp3) is 0.389. The monoisotopic (exact) mass is 596 g/mol. The lowest BCUT2D eigenvalue weighted by Gasteiger charge is -2.44. The first-order valence-electron chi connectivity index (χ1n) is 14.8. The number of allylic oxidation sites excluding steroid dienone is 4. The van der Waals surface area contributed by atoms with E-state index in [0.717, 1.165) is 33.2 Å². The third-order valence-electron chi connectivity index (χ3n) is 8.42. The summed E-state index contributed by atoms with van der Waals surface area (Å²) in [5.74, 6) is 0.334. The van der Waals surface area contributed by atoms with Crippen molar-refractivity contribution in [2.45, 2.75) is 76.7 Å². The molecule has 0 saturated carbocycles. The predicted molar refractivity (Wildman–Crippen MR) is 188 cm³/mol. The third-order valence-corrected chi connectivity index (χ3v) is 15.4. The van der Waals surface area contributed by atoms with Gasteiger partial charge < -0.3 is 0 Å². The van der Waals surface area contributed by atoms with Crippen LogP contribution >= 0.6 is 17.2 Å². The van der Waals surface area contributed by atoms with Crippen LogP contribution in [-0.2, 0) is 5.16 Å². The number of pyridine rings is 2. The van der Waals surface area contributed by atoms with Gasteiger partial charge in [-0.15, -0.1) is 9.24 Å². The molecule has 2 aromatic carbocycles. The van der Waals surface area contributed by atoms with Crippen molar-refractivity contribution in [3.63, 3.8) is 0 Å². The predicted octanol–water partition coefficient (Wildman–Crippen LogP) is 10.3. The first kappa shape index (κ1) is 30.3. The number of hydrogen-bond acceptors (Lipinski definition) is 2. The Kier molecular flexibility index (Phi) is 7.99. The Bertz CT molecular complexity index is 1560. The molecule has 2 atom stereocenters. The summed E-state index contributed by atoms with van der Waals surface area (Å²) in [6.45, 7) is 22.1. The number of rotatable bonds is 6. The van der Waals surface area contributed by atoms with Gasteiger partial charge in [-0.25, -0.2) is 0 Å². The van der Waals surface area contributed by atoms with Gasteiger partial charge in [-0.2, -0.15) is 0 Å². The van der Waals surface area contributed by atoms with Gasteiger partial charge in [0.15, 0.2) is 0 Å². The molecule has 1 aliphatic carbocycles. The number of fused-ring (bicyclic) bond motifs is 2. The summed E-state index contributed by atoms with van der Waals surface area (Å²) >= 11 is 0. The van der Waals surface area contributed by atoms with E-state index in [1.54, 1.807) is 5.20 Å². The number of hydrogen-bond donors (Lipinski definition) is 0. The van der Waals surface area contributed by atoms with E-state index in [2.05, 4.69) is 155 Å². The van der Waals surface area contributed by atoms with Gasteiger partial charge in [0.2, 0.25) is 0 Å².